The first-order chi connectivity index (χ1) is 16.8. The second-order valence-corrected chi connectivity index (χ2v) is 10.1. The van der Waals surface area contributed by atoms with Crippen LogP contribution >= 0.6 is 0 Å². The lowest BCUT2D eigenvalue weighted by Gasteiger charge is -2.25. The quantitative estimate of drug-likeness (QED) is 0.418. The number of ether oxygens (including phenoxy) is 1. The van der Waals surface area contributed by atoms with E-state index >= 15 is 0 Å². The van der Waals surface area contributed by atoms with Gasteiger partial charge in [-0.2, -0.15) is 4.31 Å². The van der Waals surface area contributed by atoms with Gasteiger partial charge < -0.3 is 15.0 Å². The van der Waals surface area contributed by atoms with E-state index < -0.39 is 10.0 Å². The van der Waals surface area contributed by atoms with Crippen molar-refractivity contribution in [1.29, 1.82) is 0 Å². The minimum absolute atomic E-state index is 0.0910. The molecule has 0 saturated carbocycles. The van der Waals surface area contributed by atoms with Crippen LogP contribution in [-0.4, -0.2) is 45.4 Å². The molecule has 186 valence electrons. The van der Waals surface area contributed by atoms with E-state index in [2.05, 4.69) is 5.32 Å². The molecule has 0 aromatic heterocycles. The highest BCUT2D eigenvalue weighted by Gasteiger charge is 2.23. The fourth-order valence-corrected chi connectivity index (χ4v) is 5.29. The predicted octanol–water partition coefficient (Wildman–Crippen LogP) is 4.68. The molecule has 0 spiro atoms. The molecule has 3 rings (SSSR count). The van der Waals surface area contributed by atoms with Gasteiger partial charge >= 0.3 is 0 Å². The maximum Gasteiger partial charge on any atom is 0.243 e. The third-order valence-electron chi connectivity index (χ3n) is 5.81. The summed E-state index contributed by atoms with van der Waals surface area (Å²) in [6, 6.07) is 22.3. The molecule has 1 N–H and O–H groups in total. The Morgan fingerprint density at radius 2 is 1.60 bits per heavy atom. The number of carbonyl (C=O) groups excluding carboxylic acids is 1. The van der Waals surface area contributed by atoms with Crippen LogP contribution < -0.4 is 15.0 Å². The van der Waals surface area contributed by atoms with Crippen LogP contribution in [0.2, 0.25) is 0 Å². The third-order valence-corrected chi connectivity index (χ3v) is 7.86. The Hall–Kier alpha value is -3.36. The Balaban J connectivity index is 1.83. The maximum atomic E-state index is 13.1. The molecule has 0 atom stereocenters. The molecule has 0 saturated heterocycles. The van der Waals surface area contributed by atoms with Gasteiger partial charge in [-0.15, -0.1) is 0 Å². The van der Waals surface area contributed by atoms with Gasteiger partial charge in [-0.25, -0.2) is 8.42 Å². The smallest absolute Gasteiger partial charge is 0.243 e. The summed E-state index contributed by atoms with van der Waals surface area (Å²) >= 11 is 0. The van der Waals surface area contributed by atoms with E-state index in [9.17, 15) is 13.2 Å². The molecule has 3 aromatic rings. The van der Waals surface area contributed by atoms with Crippen molar-refractivity contribution >= 4 is 27.3 Å². The molecular formula is C27H33N3O4S. The van der Waals surface area contributed by atoms with Crippen molar-refractivity contribution in [3.63, 3.8) is 0 Å². The van der Waals surface area contributed by atoms with Gasteiger partial charge in [0.1, 0.15) is 5.75 Å². The molecule has 0 aliphatic rings. The number of hydrogen-bond acceptors (Lipinski definition) is 5. The molecule has 0 aliphatic carbocycles. The van der Waals surface area contributed by atoms with Gasteiger partial charge in [0.05, 0.1) is 18.6 Å². The predicted molar refractivity (Wildman–Crippen MR) is 140 cm³/mol. The molecule has 1 amide bonds. The summed E-state index contributed by atoms with van der Waals surface area (Å²) in [6.45, 7) is 6.84. The summed E-state index contributed by atoms with van der Waals surface area (Å²) in [4.78, 5) is 15.3. The summed E-state index contributed by atoms with van der Waals surface area (Å²) in [7, 11) is -2.02. The highest BCUT2D eigenvalue weighted by atomic mass is 32.2. The van der Waals surface area contributed by atoms with Crippen molar-refractivity contribution < 1.29 is 17.9 Å². The number of sulfonamides is 1. The van der Waals surface area contributed by atoms with E-state index in [4.69, 9.17) is 4.74 Å². The molecule has 0 bridgehead atoms. The highest BCUT2D eigenvalue weighted by molar-refractivity contribution is 7.89. The number of anilines is 2. The normalized spacial score (nSPS) is 11.3. The Kier molecular flexibility index (Phi) is 8.89. The molecule has 8 heteroatoms. The van der Waals surface area contributed by atoms with Crippen molar-refractivity contribution in [1.82, 2.24) is 4.31 Å². The fourth-order valence-electron chi connectivity index (χ4n) is 3.81. The van der Waals surface area contributed by atoms with Gasteiger partial charge in [-0.1, -0.05) is 50.2 Å². The van der Waals surface area contributed by atoms with Crippen molar-refractivity contribution in [2.24, 2.45) is 0 Å². The van der Waals surface area contributed by atoms with Crippen LogP contribution in [0, 0.1) is 6.92 Å². The van der Waals surface area contributed by atoms with E-state index in [1.54, 1.807) is 33.1 Å². The fraction of sp³-hybridized carbons (Fsp3) is 0.296. The van der Waals surface area contributed by atoms with Crippen molar-refractivity contribution in [3.05, 3.63) is 83.9 Å². The third kappa shape index (κ3) is 6.61. The average Bonchev–Trinajstić information content (AvgIpc) is 2.86. The van der Waals surface area contributed by atoms with E-state index in [-0.39, 0.29) is 17.3 Å². The van der Waals surface area contributed by atoms with Crippen LogP contribution in [0.25, 0.3) is 0 Å². The van der Waals surface area contributed by atoms with Gasteiger partial charge in [-0.3, -0.25) is 4.79 Å². The van der Waals surface area contributed by atoms with Crippen LogP contribution in [0.5, 0.6) is 5.75 Å². The summed E-state index contributed by atoms with van der Waals surface area (Å²) in [6.07, 6.45) is 0. The largest absolute Gasteiger partial charge is 0.497 e. The summed E-state index contributed by atoms with van der Waals surface area (Å²) < 4.78 is 32.6. The molecular weight excluding hydrogens is 462 g/mol. The van der Waals surface area contributed by atoms with Crippen LogP contribution in [0.1, 0.15) is 25.0 Å². The minimum atomic E-state index is -3.63. The number of methoxy groups -OCH3 is 1. The SMILES string of the molecule is CCN(CC)S(=O)(=O)c1ccc(C)c(NC(=O)CN(Cc2ccccc2)c2ccc(OC)cc2)c1. The number of aryl methyl sites for hydroxylation is 1. The van der Waals surface area contributed by atoms with Gasteiger partial charge in [0.15, 0.2) is 0 Å². The molecule has 0 unspecified atom stereocenters. The zero-order chi connectivity index (χ0) is 25.4. The Bertz CT molecular complexity index is 1230. The molecule has 0 aliphatic heterocycles. The average molecular weight is 496 g/mol. The number of carbonyl (C=O) groups is 1. The molecule has 3 aromatic carbocycles. The van der Waals surface area contributed by atoms with Crippen LogP contribution in [0.3, 0.4) is 0 Å². The second kappa shape index (κ2) is 11.9. The van der Waals surface area contributed by atoms with E-state index in [0.717, 1.165) is 22.6 Å². The highest BCUT2D eigenvalue weighted by Crippen LogP contribution is 2.24. The minimum Gasteiger partial charge on any atom is -0.497 e. The lowest BCUT2D eigenvalue weighted by atomic mass is 10.2. The lowest BCUT2D eigenvalue weighted by Crippen LogP contribution is -2.33. The molecule has 7 nitrogen and oxygen atoms in total. The first-order valence-corrected chi connectivity index (χ1v) is 13.1. The number of amides is 1. The summed E-state index contributed by atoms with van der Waals surface area (Å²) in [5.41, 5.74) is 3.22. The number of rotatable bonds is 11. The number of nitrogens with one attached hydrogen (secondary N) is 1. The van der Waals surface area contributed by atoms with Crippen LogP contribution in [-0.2, 0) is 21.4 Å². The monoisotopic (exact) mass is 495 g/mol. The van der Waals surface area contributed by atoms with Gasteiger partial charge in [0.2, 0.25) is 15.9 Å². The van der Waals surface area contributed by atoms with Gasteiger partial charge in [0.25, 0.3) is 0 Å². The standard InChI is InChI=1S/C27H33N3O4S/c1-5-30(6-2)35(32,33)25-17-12-21(3)26(18-25)28-27(31)20-29(19-22-10-8-7-9-11-22)23-13-15-24(34-4)16-14-23/h7-18H,5-6,19-20H2,1-4H3,(H,28,31). The first-order valence-electron chi connectivity index (χ1n) is 11.6. The van der Waals surface area contributed by atoms with Crippen LogP contribution in [0.4, 0.5) is 11.4 Å². The number of benzene rings is 3. The van der Waals surface area contributed by atoms with Gasteiger partial charge in [-0.05, 0) is 54.4 Å². The van der Waals surface area contributed by atoms with Crippen molar-refractivity contribution in [2.45, 2.75) is 32.2 Å². The lowest BCUT2D eigenvalue weighted by molar-refractivity contribution is -0.115. The Labute approximate surface area is 208 Å². The topological polar surface area (TPSA) is 79.0 Å². The number of hydrogen-bond donors (Lipinski definition) is 1. The zero-order valence-electron chi connectivity index (χ0n) is 20.7. The van der Waals surface area contributed by atoms with E-state index in [1.807, 2.05) is 66.4 Å². The Morgan fingerprint density at radius 1 is 0.943 bits per heavy atom. The van der Waals surface area contributed by atoms with Crippen molar-refractivity contribution in [3.8, 4) is 5.75 Å². The van der Waals surface area contributed by atoms with E-state index in [0.29, 0.717) is 25.3 Å². The first kappa shape index (κ1) is 26.2. The zero-order valence-corrected chi connectivity index (χ0v) is 21.5. The summed E-state index contributed by atoms with van der Waals surface area (Å²) in [5, 5.41) is 2.92. The van der Waals surface area contributed by atoms with Crippen LogP contribution in [0.15, 0.2) is 77.7 Å². The molecule has 0 heterocycles. The molecule has 0 fully saturated rings. The second-order valence-electron chi connectivity index (χ2n) is 8.15. The maximum absolute atomic E-state index is 13.1. The van der Waals surface area contributed by atoms with E-state index in [1.165, 1.54) is 10.4 Å². The molecule has 35 heavy (non-hydrogen) atoms. The Morgan fingerprint density at radius 3 is 2.20 bits per heavy atom. The van der Waals surface area contributed by atoms with Gasteiger partial charge in [0, 0.05) is 31.0 Å². The summed E-state index contributed by atoms with van der Waals surface area (Å²) in [5.74, 6) is 0.497. The molecule has 0 radical (unpaired) electrons. The number of nitrogens with zero attached hydrogens (tertiary/aromatic N) is 2. The van der Waals surface area contributed by atoms with Crippen molar-refractivity contribution in [2.75, 3.05) is 37.0 Å².